The third-order valence-corrected chi connectivity index (χ3v) is 4.45. The Kier molecular flexibility index (Phi) is 7.40. The largest absolute Gasteiger partial charge is 0.467 e. The fourth-order valence-corrected chi connectivity index (χ4v) is 2.54. The minimum Gasteiger partial charge on any atom is -0.467 e. The van der Waals surface area contributed by atoms with E-state index in [1.807, 2.05) is 20.8 Å². The third-order valence-electron chi connectivity index (χ3n) is 4.45. The van der Waals surface area contributed by atoms with Gasteiger partial charge < -0.3 is 19.6 Å². The lowest BCUT2D eigenvalue weighted by molar-refractivity contribution is 0.0945. The molecular weight excluding hydrogens is 346 g/mol. The van der Waals surface area contributed by atoms with Crippen molar-refractivity contribution in [3.63, 3.8) is 0 Å². The number of nitrogens with one attached hydrogen (secondary N) is 2. The van der Waals surface area contributed by atoms with Crippen LogP contribution in [0.25, 0.3) is 0 Å². The molecule has 0 aliphatic rings. The van der Waals surface area contributed by atoms with Gasteiger partial charge in [0, 0.05) is 25.0 Å². The van der Waals surface area contributed by atoms with Crippen LogP contribution in [0.2, 0.25) is 0 Å². The molecule has 0 radical (unpaired) electrons. The number of hydrogen-bond acceptors (Lipinski definition) is 4. The van der Waals surface area contributed by atoms with Crippen molar-refractivity contribution in [2.75, 3.05) is 6.54 Å². The Labute approximate surface area is 158 Å². The highest BCUT2D eigenvalue weighted by atomic mass is 16.3. The Balaban J connectivity index is 2.31. The van der Waals surface area contributed by atoms with E-state index in [2.05, 4.69) is 10.6 Å². The lowest BCUT2D eigenvalue weighted by atomic mass is 10.1. The number of carbonyl (C=O) groups excluding carboxylic acids is 2. The van der Waals surface area contributed by atoms with Crippen molar-refractivity contribution in [1.29, 1.82) is 0 Å². The quantitative estimate of drug-likeness (QED) is 0.661. The summed E-state index contributed by atoms with van der Waals surface area (Å²) in [6, 6.07) is 3.50. The van der Waals surface area contributed by atoms with Crippen molar-refractivity contribution >= 4 is 11.8 Å². The number of furan rings is 1. The second-order valence-corrected chi connectivity index (χ2v) is 6.49. The average molecular weight is 373 g/mol. The summed E-state index contributed by atoms with van der Waals surface area (Å²) in [7, 11) is 0. The number of nitrogens with zero attached hydrogens (tertiary/aromatic N) is 1. The van der Waals surface area contributed by atoms with Gasteiger partial charge in [-0.3, -0.25) is 14.4 Å². The number of pyridine rings is 1. The minimum atomic E-state index is -0.569. The van der Waals surface area contributed by atoms with E-state index in [0.717, 1.165) is 19.3 Å². The van der Waals surface area contributed by atoms with Crippen LogP contribution in [0.5, 0.6) is 0 Å². The van der Waals surface area contributed by atoms with Gasteiger partial charge >= 0.3 is 0 Å². The molecule has 7 nitrogen and oxygen atoms in total. The molecule has 0 spiro atoms. The topological polar surface area (TPSA) is 93.3 Å². The molecule has 146 valence electrons. The number of unbranched alkanes of at least 4 members (excludes halogenated alkanes) is 1. The summed E-state index contributed by atoms with van der Waals surface area (Å²) >= 11 is 0. The molecule has 0 aliphatic carbocycles. The SMILES string of the molecule is CCCCNC(=O)c1cn([C@@H](C)CC)cc(C(=O)NCc2ccco2)c1=O. The summed E-state index contributed by atoms with van der Waals surface area (Å²) in [5, 5.41) is 5.41. The van der Waals surface area contributed by atoms with E-state index < -0.39 is 17.2 Å². The van der Waals surface area contributed by atoms with Gasteiger partial charge in [-0.25, -0.2) is 0 Å². The molecule has 2 N–H and O–H groups in total. The Morgan fingerprint density at radius 3 is 2.37 bits per heavy atom. The Bertz CT molecular complexity index is 824. The smallest absolute Gasteiger partial charge is 0.257 e. The molecule has 27 heavy (non-hydrogen) atoms. The van der Waals surface area contributed by atoms with Crippen molar-refractivity contribution in [2.45, 2.75) is 52.6 Å². The average Bonchev–Trinajstić information content (AvgIpc) is 3.19. The van der Waals surface area contributed by atoms with E-state index in [-0.39, 0.29) is 23.7 Å². The van der Waals surface area contributed by atoms with Crippen molar-refractivity contribution in [1.82, 2.24) is 15.2 Å². The van der Waals surface area contributed by atoms with Crippen LogP contribution in [0.1, 0.15) is 72.6 Å². The molecule has 0 saturated heterocycles. The Morgan fingerprint density at radius 1 is 1.15 bits per heavy atom. The number of rotatable bonds is 9. The van der Waals surface area contributed by atoms with E-state index in [1.165, 1.54) is 18.7 Å². The van der Waals surface area contributed by atoms with E-state index in [0.29, 0.717) is 12.3 Å². The summed E-state index contributed by atoms with van der Waals surface area (Å²) in [4.78, 5) is 37.8. The van der Waals surface area contributed by atoms with E-state index >= 15 is 0 Å². The molecule has 2 heterocycles. The highest BCUT2D eigenvalue weighted by molar-refractivity contribution is 5.99. The lowest BCUT2D eigenvalue weighted by Gasteiger charge is -2.17. The Morgan fingerprint density at radius 2 is 1.81 bits per heavy atom. The number of hydrogen-bond donors (Lipinski definition) is 2. The zero-order valence-electron chi connectivity index (χ0n) is 16.1. The van der Waals surface area contributed by atoms with Gasteiger partial charge in [0.05, 0.1) is 12.8 Å². The van der Waals surface area contributed by atoms with Gasteiger partial charge in [0.2, 0.25) is 5.43 Å². The summed E-state index contributed by atoms with van der Waals surface area (Å²) in [6.45, 7) is 6.65. The fraction of sp³-hybridized carbons (Fsp3) is 0.450. The van der Waals surface area contributed by atoms with E-state index in [1.54, 1.807) is 16.7 Å². The van der Waals surface area contributed by atoms with Crippen LogP contribution in [0.3, 0.4) is 0 Å². The maximum absolute atomic E-state index is 12.8. The van der Waals surface area contributed by atoms with Crippen LogP contribution >= 0.6 is 0 Å². The summed E-state index contributed by atoms with van der Waals surface area (Å²) in [5.74, 6) is -0.401. The molecule has 7 heteroatoms. The van der Waals surface area contributed by atoms with Crippen molar-refractivity contribution in [2.24, 2.45) is 0 Å². The van der Waals surface area contributed by atoms with Gasteiger partial charge in [0.1, 0.15) is 16.9 Å². The summed E-state index contributed by atoms with van der Waals surface area (Å²) in [5.41, 5.74) is -0.637. The molecule has 2 amide bonds. The second-order valence-electron chi connectivity index (χ2n) is 6.49. The van der Waals surface area contributed by atoms with Crippen LogP contribution in [0.15, 0.2) is 40.0 Å². The molecule has 2 rings (SSSR count). The van der Waals surface area contributed by atoms with E-state index in [9.17, 15) is 14.4 Å². The highest BCUT2D eigenvalue weighted by Gasteiger charge is 2.20. The zero-order chi connectivity index (χ0) is 19.8. The first-order valence-electron chi connectivity index (χ1n) is 9.32. The van der Waals surface area contributed by atoms with Crippen LogP contribution in [-0.2, 0) is 6.54 Å². The molecule has 0 fully saturated rings. The van der Waals surface area contributed by atoms with Crippen molar-refractivity contribution < 1.29 is 14.0 Å². The van der Waals surface area contributed by atoms with Gasteiger partial charge in [0.15, 0.2) is 0 Å². The van der Waals surface area contributed by atoms with Crippen LogP contribution in [0, 0.1) is 0 Å². The molecule has 0 aromatic carbocycles. The van der Waals surface area contributed by atoms with Gasteiger partial charge in [-0.05, 0) is 31.9 Å². The fourth-order valence-electron chi connectivity index (χ4n) is 2.54. The lowest BCUT2D eigenvalue weighted by Crippen LogP contribution is -2.35. The van der Waals surface area contributed by atoms with Crippen LogP contribution < -0.4 is 16.1 Å². The predicted octanol–water partition coefficient (Wildman–Crippen LogP) is 2.87. The third kappa shape index (κ3) is 5.32. The first kappa shape index (κ1) is 20.5. The molecule has 2 aromatic heterocycles. The van der Waals surface area contributed by atoms with Crippen LogP contribution in [0.4, 0.5) is 0 Å². The number of amides is 2. The van der Waals surface area contributed by atoms with Gasteiger partial charge in [-0.1, -0.05) is 20.3 Å². The minimum absolute atomic E-state index is 0.0166. The summed E-state index contributed by atoms with van der Waals surface area (Å²) in [6.07, 6.45) is 7.12. The van der Waals surface area contributed by atoms with Crippen LogP contribution in [-0.4, -0.2) is 22.9 Å². The zero-order valence-corrected chi connectivity index (χ0v) is 16.1. The molecule has 0 unspecified atom stereocenters. The molecular formula is C20H27N3O4. The second kappa shape index (κ2) is 9.75. The standard InChI is InChI=1S/C20H27N3O4/c1-4-6-9-21-19(25)16-12-23(14(3)5-2)13-17(18(16)24)20(26)22-11-15-8-7-10-27-15/h7-8,10,12-14H,4-6,9,11H2,1-3H3,(H,21,25)(H,22,26)/t14-/m0/s1. The number of aromatic nitrogens is 1. The first-order chi connectivity index (χ1) is 13.0. The summed E-state index contributed by atoms with van der Waals surface area (Å²) < 4.78 is 6.93. The molecule has 1 atom stereocenters. The molecule has 0 saturated carbocycles. The van der Waals surface area contributed by atoms with Gasteiger partial charge in [-0.2, -0.15) is 0 Å². The van der Waals surface area contributed by atoms with Crippen molar-refractivity contribution in [3.8, 4) is 0 Å². The molecule has 2 aromatic rings. The predicted molar refractivity (Wildman–Crippen MR) is 103 cm³/mol. The van der Waals surface area contributed by atoms with Crippen molar-refractivity contribution in [3.05, 3.63) is 57.9 Å². The highest BCUT2D eigenvalue weighted by Crippen LogP contribution is 2.12. The normalized spacial score (nSPS) is 11.8. The van der Waals surface area contributed by atoms with Gasteiger partial charge in [-0.15, -0.1) is 0 Å². The Hall–Kier alpha value is -2.83. The molecule has 0 aliphatic heterocycles. The molecule has 0 bridgehead atoms. The van der Waals surface area contributed by atoms with E-state index in [4.69, 9.17) is 4.42 Å². The first-order valence-corrected chi connectivity index (χ1v) is 9.32. The maximum atomic E-state index is 12.8. The monoisotopic (exact) mass is 373 g/mol. The van der Waals surface area contributed by atoms with Gasteiger partial charge in [0.25, 0.3) is 11.8 Å². The number of carbonyl (C=O) groups is 2. The maximum Gasteiger partial charge on any atom is 0.257 e.